The van der Waals surface area contributed by atoms with Gasteiger partial charge in [-0.2, -0.15) is 5.10 Å². The molecule has 2 heterocycles. The van der Waals surface area contributed by atoms with Crippen LogP contribution in [0, 0.1) is 5.92 Å². The van der Waals surface area contributed by atoms with E-state index in [0.717, 1.165) is 26.1 Å². The number of carbonyl (C=O) groups excluding carboxylic acids is 1. The highest BCUT2D eigenvalue weighted by atomic mass is 35.5. The van der Waals surface area contributed by atoms with Crippen molar-refractivity contribution in [2.24, 2.45) is 13.0 Å². The van der Waals surface area contributed by atoms with E-state index in [1.165, 1.54) is 0 Å². The standard InChI is InChI=1S/C10H16N4O.ClH/c1-14-7-9(6-13-14)10(15)12-5-8-2-3-11-4-8;/h6-8,11H,2-5H2,1H3,(H,12,15);1H. The van der Waals surface area contributed by atoms with Gasteiger partial charge in [-0.25, -0.2) is 0 Å². The molecular weight excluding hydrogens is 228 g/mol. The molecule has 1 atom stereocenters. The quantitative estimate of drug-likeness (QED) is 0.798. The maximum atomic E-state index is 11.6. The Balaban J connectivity index is 0.00000128. The monoisotopic (exact) mass is 244 g/mol. The third kappa shape index (κ3) is 3.21. The maximum Gasteiger partial charge on any atom is 0.254 e. The van der Waals surface area contributed by atoms with Gasteiger partial charge < -0.3 is 10.6 Å². The number of rotatable bonds is 3. The van der Waals surface area contributed by atoms with Crippen LogP contribution in [0.3, 0.4) is 0 Å². The molecule has 1 aliphatic rings. The smallest absolute Gasteiger partial charge is 0.254 e. The summed E-state index contributed by atoms with van der Waals surface area (Å²) in [5.74, 6) is 0.542. The second kappa shape index (κ2) is 5.86. The Hall–Kier alpha value is -1.07. The number of hydrogen-bond acceptors (Lipinski definition) is 3. The van der Waals surface area contributed by atoms with E-state index in [1.807, 2.05) is 0 Å². The fourth-order valence-corrected chi connectivity index (χ4v) is 1.77. The summed E-state index contributed by atoms with van der Waals surface area (Å²) in [4.78, 5) is 11.6. The van der Waals surface area contributed by atoms with Crippen LogP contribution in [0.15, 0.2) is 12.4 Å². The number of aromatic nitrogens is 2. The maximum absolute atomic E-state index is 11.6. The first kappa shape index (κ1) is 13.0. The highest BCUT2D eigenvalue weighted by Crippen LogP contribution is 2.05. The number of nitrogens with zero attached hydrogens (tertiary/aromatic N) is 2. The van der Waals surface area contributed by atoms with E-state index in [2.05, 4.69) is 15.7 Å². The second-order valence-corrected chi connectivity index (χ2v) is 3.97. The molecular formula is C10H17ClN4O. The highest BCUT2D eigenvalue weighted by Gasteiger charge is 2.15. The van der Waals surface area contributed by atoms with Crippen molar-refractivity contribution in [1.29, 1.82) is 0 Å². The van der Waals surface area contributed by atoms with Crippen LogP contribution in [0.5, 0.6) is 0 Å². The van der Waals surface area contributed by atoms with Gasteiger partial charge in [-0.3, -0.25) is 9.48 Å². The summed E-state index contributed by atoms with van der Waals surface area (Å²) in [6.07, 6.45) is 4.46. The van der Waals surface area contributed by atoms with Crippen LogP contribution in [0.1, 0.15) is 16.8 Å². The topological polar surface area (TPSA) is 59.0 Å². The third-order valence-corrected chi connectivity index (χ3v) is 2.68. The van der Waals surface area contributed by atoms with Gasteiger partial charge in [0.1, 0.15) is 0 Å². The average Bonchev–Trinajstić information content (AvgIpc) is 2.84. The molecule has 90 valence electrons. The van der Waals surface area contributed by atoms with Gasteiger partial charge in [-0.1, -0.05) is 0 Å². The minimum absolute atomic E-state index is 0. The van der Waals surface area contributed by atoms with Crippen LogP contribution < -0.4 is 10.6 Å². The van der Waals surface area contributed by atoms with E-state index in [4.69, 9.17) is 0 Å². The minimum Gasteiger partial charge on any atom is -0.352 e. The summed E-state index contributed by atoms with van der Waals surface area (Å²) in [7, 11) is 1.80. The molecule has 1 aliphatic heterocycles. The molecule has 0 bridgehead atoms. The molecule has 0 aliphatic carbocycles. The normalized spacial score (nSPS) is 19.2. The first-order chi connectivity index (χ1) is 7.25. The number of aryl methyl sites for hydroxylation is 1. The second-order valence-electron chi connectivity index (χ2n) is 3.97. The third-order valence-electron chi connectivity index (χ3n) is 2.68. The van der Waals surface area contributed by atoms with E-state index in [0.29, 0.717) is 11.5 Å². The molecule has 1 saturated heterocycles. The number of carbonyl (C=O) groups is 1. The van der Waals surface area contributed by atoms with Crippen molar-refractivity contribution in [2.45, 2.75) is 6.42 Å². The van der Waals surface area contributed by atoms with Crippen LogP contribution >= 0.6 is 12.4 Å². The Labute approximate surface area is 101 Å². The van der Waals surface area contributed by atoms with E-state index in [9.17, 15) is 4.79 Å². The summed E-state index contributed by atoms with van der Waals surface area (Å²) in [5, 5.41) is 10.2. The first-order valence-corrected chi connectivity index (χ1v) is 5.23. The van der Waals surface area contributed by atoms with Gasteiger partial charge in [0, 0.05) is 19.8 Å². The summed E-state index contributed by atoms with van der Waals surface area (Å²) in [6.45, 7) is 2.82. The number of halogens is 1. The zero-order chi connectivity index (χ0) is 10.7. The molecule has 2 N–H and O–H groups in total. The SMILES string of the molecule is Cl.Cn1cc(C(=O)NCC2CCNC2)cn1. The summed E-state index contributed by atoms with van der Waals surface area (Å²) in [6, 6.07) is 0. The van der Waals surface area contributed by atoms with E-state index in [-0.39, 0.29) is 18.3 Å². The van der Waals surface area contributed by atoms with Crippen LogP contribution in [0.4, 0.5) is 0 Å². The fourth-order valence-electron chi connectivity index (χ4n) is 1.77. The van der Waals surface area contributed by atoms with Crippen molar-refractivity contribution in [3.8, 4) is 0 Å². The first-order valence-electron chi connectivity index (χ1n) is 5.23. The molecule has 1 amide bonds. The Morgan fingerprint density at radius 2 is 2.56 bits per heavy atom. The van der Waals surface area contributed by atoms with Crippen LogP contribution in [-0.4, -0.2) is 35.3 Å². The summed E-state index contributed by atoms with van der Waals surface area (Å²) in [5.41, 5.74) is 0.628. The molecule has 1 aromatic heterocycles. The van der Waals surface area contributed by atoms with Crippen LogP contribution in [0.2, 0.25) is 0 Å². The van der Waals surface area contributed by atoms with Crippen molar-refractivity contribution in [1.82, 2.24) is 20.4 Å². The van der Waals surface area contributed by atoms with Crippen molar-refractivity contribution in [3.05, 3.63) is 18.0 Å². The fraction of sp³-hybridized carbons (Fsp3) is 0.600. The van der Waals surface area contributed by atoms with Crippen molar-refractivity contribution in [2.75, 3.05) is 19.6 Å². The predicted molar refractivity (Wildman–Crippen MR) is 63.8 cm³/mol. The molecule has 0 spiro atoms. The largest absolute Gasteiger partial charge is 0.352 e. The Morgan fingerprint density at radius 1 is 1.75 bits per heavy atom. The lowest BCUT2D eigenvalue weighted by Crippen LogP contribution is -2.29. The molecule has 0 aromatic carbocycles. The van der Waals surface area contributed by atoms with E-state index < -0.39 is 0 Å². The van der Waals surface area contributed by atoms with Gasteiger partial charge in [-0.05, 0) is 25.4 Å². The molecule has 0 radical (unpaired) electrons. The molecule has 1 fully saturated rings. The zero-order valence-electron chi connectivity index (χ0n) is 9.27. The molecule has 6 heteroatoms. The molecule has 16 heavy (non-hydrogen) atoms. The lowest BCUT2D eigenvalue weighted by atomic mass is 10.1. The van der Waals surface area contributed by atoms with Gasteiger partial charge in [0.2, 0.25) is 0 Å². The number of nitrogens with one attached hydrogen (secondary N) is 2. The van der Waals surface area contributed by atoms with Crippen LogP contribution in [0.25, 0.3) is 0 Å². The van der Waals surface area contributed by atoms with E-state index >= 15 is 0 Å². The molecule has 1 aromatic rings. The van der Waals surface area contributed by atoms with Crippen LogP contribution in [-0.2, 0) is 7.05 Å². The number of amides is 1. The van der Waals surface area contributed by atoms with Crippen molar-refractivity contribution < 1.29 is 4.79 Å². The van der Waals surface area contributed by atoms with Crippen molar-refractivity contribution in [3.63, 3.8) is 0 Å². The zero-order valence-corrected chi connectivity index (χ0v) is 10.1. The highest BCUT2D eigenvalue weighted by molar-refractivity contribution is 5.93. The molecule has 0 saturated carbocycles. The van der Waals surface area contributed by atoms with Crippen molar-refractivity contribution >= 4 is 18.3 Å². The van der Waals surface area contributed by atoms with Gasteiger partial charge in [0.25, 0.3) is 5.91 Å². The Morgan fingerprint density at radius 3 is 3.12 bits per heavy atom. The lowest BCUT2D eigenvalue weighted by molar-refractivity contribution is 0.0948. The Kier molecular flexibility index (Phi) is 4.76. The van der Waals surface area contributed by atoms with Gasteiger partial charge >= 0.3 is 0 Å². The van der Waals surface area contributed by atoms with E-state index in [1.54, 1.807) is 24.1 Å². The number of hydrogen-bond donors (Lipinski definition) is 2. The summed E-state index contributed by atoms with van der Waals surface area (Å²) < 4.78 is 1.63. The molecule has 2 rings (SSSR count). The molecule has 1 unspecified atom stereocenters. The predicted octanol–water partition coefficient (Wildman–Crippen LogP) is 0.181. The minimum atomic E-state index is -0.0324. The molecule has 5 nitrogen and oxygen atoms in total. The van der Waals surface area contributed by atoms with Gasteiger partial charge in [-0.15, -0.1) is 12.4 Å². The average molecular weight is 245 g/mol. The Bertz CT molecular complexity index is 346. The van der Waals surface area contributed by atoms with Gasteiger partial charge in [0.15, 0.2) is 0 Å². The van der Waals surface area contributed by atoms with Gasteiger partial charge in [0.05, 0.1) is 11.8 Å². The lowest BCUT2D eigenvalue weighted by Gasteiger charge is -2.08. The summed E-state index contributed by atoms with van der Waals surface area (Å²) >= 11 is 0.